The van der Waals surface area contributed by atoms with Crippen molar-refractivity contribution in [1.82, 2.24) is 14.5 Å². The Morgan fingerprint density at radius 3 is 2.70 bits per heavy atom. The second-order valence-electron chi connectivity index (χ2n) is 7.78. The SMILES string of the molecule is O=C(O)c1ccc(OCC(=O)N2CCc3c(n(Cc4ccc(Cl)s4)c4ncccc34)C2)cc1. The average Bonchev–Trinajstić information content (AvgIpc) is 3.38. The lowest BCUT2D eigenvalue weighted by Gasteiger charge is -2.28. The monoisotopic (exact) mass is 481 g/mol. The van der Waals surface area contributed by atoms with Gasteiger partial charge in [0, 0.05) is 28.7 Å². The summed E-state index contributed by atoms with van der Waals surface area (Å²) >= 11 is 7.67. The lowest BCUT2D eigenvalue weighted by Crippen LogP contribution is -2.39. The maximum Gasteiger partial charge on any atom is 0.335 e. The molecule has 1 aromatic carbocycles. The lowest BCUT2D eigenvalue weighted by molar-refractivity contribution is -0.134. The van der Waals surface area contributed by atoms with Gasteiger partial charge < -0.3 is 19.3 Å². The minimum Gasteiger partial charge on any atom is -0.484 e. The number of carboxylic acid groups (broad SMARTS) is 1. The fraction of sp³-hybridized carbons (Fsp3) is 0.208. The highest BCUT2D eigenvalue weighted by Crippen LogP contribution is 2.32. The first kappa shape index (κ1) is 21.5. The summed E-state index contributed by atoms with van der Waals surface area (Å²) in [6, 6.07) is 14.0. The molecule has 0 saturated carbocycles. The smallest absolute Gasteiger partial charge is 0.335 e. The molecule has 7 nitrogen and oxygen atoms in total. The number of nitrogens with zero attached hydrogens (tertiary/aromatic N) is 3. The molecule has 33 heavy (non-hydrogen) atoms. The number of hydrogen-bond donors (Lipinski definition) is 1. The van der Waals surface area contributed by atoms with Crippen LogP contribution >= 0.6 is 22.9 Å². The van der Waals surface area contributed by atoms with Gasteiger partial charge >= 0.3 is 5.97 Å². The molecule has 0 spiro atoms. The Morgan fingerprint density at radius 2 is 1.97 bits per heavy atom. The predicted octanol–water partition coefficient (Wildman–Crippen LogP) is 4.46. The molecule has 0 fully saturated rings. The quantitative estimate of drug-likeness (QED) is 0.439. The molecule has 5 rings (SSSR count). The van der Waals surface area contributed by atoms with Gasteiger partial charge in [0.2, 0.25) is 0 Å². The highest BCUT2D eigenvalue weighted by atomic mass is 35.5. The Balaban J connectivity index is 1.35. The summed E-state index contributed by atoms with van der Waals surface area (Å²) in [7, 11) is 0. The van der Waals surface area contributed by atoms with Gasteiger partial charge in [0.05, 0.1) is 23.0 Å². The van der Waals surface area contributed by atoms with Crippen LogP contribution < -0.4 is 4.74 Å². The summed E-state index contributed by atoms with van der Waals surface area (Å²) in [4.78, 5) is 31.4. The summed E-state index contributed by atoms with van der Waals surface area (Å²) < 4.78 is 8.54. The molecule has 168 valence electrons. The number of carbonyl (C=O) groups excluding carboxylic acids is 1. The van der Waals surface area contributed by atoms with Gasteiger partial charge in [-0.15, -0.1) is 11.3 Å². The number of thiophene rings is 1. The minimum atomic E-state index is -1.00. The van der Waals surface area contributed by atoms with Crippen LogP contribution in [0.2, 0.25) is 4.34 Å². The molecule has 1 N–H and O–H groups in total. The normalized spacial score (nSPS) is 13.2. The van der Waals surface area contributed by atoms with Gasteiger partial charge in [-0.2, -0.15) is 0 Å². The molecule has 1 aliphatic rings. The molecular formula is C24H20ClN3O4S. The molecule has 0 saturated heterocycles. The number of aromatic nitrogens is 2. The van der Waals surface area contributed by atoms with Gasteiger partial charge in [-0.3, -0.25) is 4.79 Å². The molecule has 0 radical (unpaired) electrons. The van der Waals surface area contributed by atoms with E-state index in [0.29, 0.717) is 25.4 Å². The minimum absolute atomic E-state index is 0.110. The number of benzene rings is 1. The zero-order chi connectivity index (χ0) is 22.9. The van der Waals surface area contributed by atoms with Crippen LogP contribution in [0.5, 0.6) is 5.75 Å². The second kappa shape index (κ2) is 8.88. The van der Waals surface area contributed by atoms with Crippen molar-refractivity contribution in [1.29, 1.82) is 0 Å². The first-order valence-electron chi connectivity index (χ1n) is 10.4. The first-order valence-corrected chi connectivity index (χ1v) is 11.6. The molecule has 1 amide bonds. The molecule has 0 atom stereocenters. The summed E-state index contributed by atoms with van der Waals surface area (Å²) in [6.45, 7) is 1.62. The number of ether oxygens (including phenoxy) is 1. The van der Waals surface area contributed by atoms with Crippen molar-refractivity contribution in [2.45, 2.75) is 19.5 Å². The molecule has 0 unspecified atom stereocenters. The number of rotatable bonds is 6. The average molecular weight is 482 g/mol. The van der Waals surface area contributed by atoms with Crippen molar-refractivity contribution in [3.8, 4) is 5.75 Å². The number of carboxylic acids is 1. The van der Waals surface area contributed by atoms with E-state index < -0.39 is 5.97 Å². The van der Waals surface area contributed by atoms with Crippen LogP contribution in [0, 0.1) is 0 Å². The number of carbonyl (C=O) groups is 2. The van der Waals surface area contributed by atoms with Gasteiger partial charge in [0.25, 0.3) is 5.91 Å². The van der Waals surface area contributed by atoms with Crippen molar-refractivity contribution >= 4 is 45.8 Å². The topological polar surface area (TPSA) is 84.7 Å². The van der Waals surface area contributed by atoms with Crippen LogP contribution in [0.25, 0.3) is 11.0 Å². The number of halogens is 1. The maximum absolute atomic E-state index is 12.9. The summed E-state index contributed by atoms with van der Waals surface area (Å²) in [5.41, 5.74) is 3.40. The van der Waals surface area contributed by atoms with Gasteiger partial charge in [-0.1, -0.05) is 11.6 Å². The van der Waals surface area contributed by atoms with Crippen molar-refractivity contribution in [2.24, 2.45) is 0 Å². The molecule has 4 aromatic rings. The van der Waals surface area contributed by atoms with Crippen LogP contribution in [0.4, 0.5) is 0 Å². The van der Waals surface area contributed by atoms with E-state index in [1.54, 1.807) is 34.6 Å². The number of fused-ring (bicyclic) bond motifs is 3. The van der Waals surface area contributed by atoms with Gasteiger partial charge in [0.1, 0.15) is 11.4 Å². The van der Waals surface area contributed by atoms with Crippen LogP contribution in [0.3, 0.4) is 0 Å². The molecule has 9 heteroatoms. The predicted molar refractivity (Wildman–Crippen MR) is 126 cm³/mol. The fourth-order valence-corrected chi connectivity index (χ4v) is 5.24. The first-order chi connectivity index (χ1) is 16.0. The molecule has 3 aromatic heterocycles. The number of pyridine rings is 1. The summed E-state index contributed by atoms with van der Waals surface area (Å²) in [6.07, 6.45) is 2.53. The van der Waals surface area contributed by atoms with Gasteiger partial charge in [0.15, 0.2) is 6.61 Å². The molecule has 0 aliphatic carbocycles. The van der Waals surface area contributed by atoms with Crippen LogP contribution in [-0.2, 0) is 24.3 Å². The van der Waals surface area contributed by atoms with E-state index in [-0.39, 0.29) is 18.1 Å². The Bertz CT molecular complexity index is 1350. The number of aromatic carboxylic acids is 1. The van der Waals surface area contributed by atoms with Gasteiger partial charge in [-0.25, -0.2) is 9.78 Å². The standard InChI is InChI=1S/C24H20ClN3O4S/c25-21-8-7-17(33-21)12-28-20-13-27(11-9-18(20)19-2-1-10-26-23(19)28)22(29)14-32-16-5-3-15(4-6-16)24(30)31/h1-8,10H,9,11-14H2,(H,30,31). The van der Waals surface area contributed by atoms with E-state index in [1.807, 2.05) is 18.2 Å². The van der Waals surface area contributed by atoms with E-state index in [9.17, 15) is 9.59 Å². The Morgan fingerprint density at radius 1 is 1.15 bits per heavy atom. The maximum atomic E-state index is 12.9. The van der Waals surface area contributed by atoms with E-state index >= 15 is 0 Å². The fourth-order valence-electron chi connectivity index (χ4n) is 4.17. The Kier molecular flexibility index (Phi) is 5.78. The molecular weight excluding hydrogens is 462 g/mol. The lowest BCUT2D eigenvalue weighted by atomic mass is 10.0. The van der Waals surface area contributed by atoms with Crippen molar-refractivity contribution in [3.05, 3.63) is 80.8 Å². The second-order valence-corrected chi connectivity index (χ2v) is 9.57. The van der Waals surface area contributed by atoms with E-state index in [4.69, 9.17) is 21.4 Å². The molecule has 4 heterocycles. The van der Waals surface area contributed by atoms with Crippen LogP contribution in [0.1, 0.15) is 26.5 Å². The highest BCUT2D eigenvalue weighted by Gasteiger charge is 2.27. The molecule has 1 aliphatic heterocycles. The molecule has 0 bridgehead atoms. The summed E-state index contributed by atoms with van der Waals surface area (Å²) in [5, 5.41) is 10.1. The van der Waals surface area contributed by atoms with E-state index in [0.717, 1.165) is 32.4 Å². The van der Waals surface area contributed by atoms with E-state index in [1.165, 1.54) is 17.7 Å². The van der Waals surface area contributed by atoms with Crippen LogP contribution in [0.15, 0.2) is 54.7 Å². The largest absolute Gasteiger partial charge is 0.484 e. The Labute approximate surface area is 198 Å². The third kappa shape index (κ3) is 4.31. The highest BCUT2D eigenvalue weighted by molar-refractivity contribution is 7.16. The van der Waals surface area contributed by atoms with Crippen LogP contribution in [-0.4, -0.2) is 44.6 Å². The van der Waals surface area contributed by atoms with E-state index in [2.05, 4.69) is 15.6 Å². The number of hydrogen-bond acceptors (Lipinski definition) is 5. The van der Waals surface area contributed by atoms with Crippen molar-refractivity contribution in [2.75, 3.05) is 13.2 Å². The third-order valence-corrected chi connectivity index (χ3v) is 6.99. The third-order valence-electron chi connectivity index (χ3n) is 5.77. The zero-order valence-corrected chi connectivity index (χ0v) is 19.1. The van der Waals surface area contributed by atoms with Crippen molar-refractivity contribution in [3.63, 3.8) is 0 Å². The summed E-state index contributed by atoms with van der Waals surface area (Å²) in [5.74, 6) is -0.665. The number of amides is 1. The zero-order valence-electron chi connectivity index (χ0n) is 17.5. The van der Waals surface area contributed by atoms with Gasteiger partial charge in [-0.05, 0) is 60.5 Å². The Hall–Kier alpha value is -3.36. The van der Waals surface area contributed by atoms with Crippen molar-refractivity contribution < 1.29 is 19.4 Å².